The van der Waals surface area contributed by atoms with Gasteiger partial charge in [0.05, 0.1) is 24.9 Å². The second-order valence-electron chi connectivity index (χ2n) is 6.77. The molecule has 0 aromatic heterocycles. The first-order chi connectivity index (χ1) is 10.2. The quantitative estimate of drug-likeness (QED) is 0.816. The molecule has 3 fully saturated rings. The predicted octanol–water partition coefficient (Wildman–Crippen LogP) is 2.01. The van der Waals surface area contributed by atoms with Crippen molar-refractivity contribution in [2.24, 2.45) is 11.8 Å². The average molecular weight is 296 g/mol. The number of methoxy groups -OCH3 is 1. The van der Waals surface area contributed by atoms with Crippen LogP contribution in [0.15, 0.2) is 0 Å². The molecule has 0 aromatic carbocycles. The number of nitrogens with one attached hydrogen (secondary N) is 1. The van der Waals surface area contributed by atoms with Crippen molar-refractivity contribution in [3.05, 3.63) is 0 Å². The summed E-state index contributed by atoms with van der Waals surface area (Å²) < 4.78 is 11.2. The molecule has 0 saturated carbocycles. The van der Waals surface area contributed by atoms with Gasteiger partial charge in [-0.1, -0.05) is 19.8 Å². The van der Waals surface area contributed by atoms with Crippen molar-refractivity contribution in [1.82, 2.24) is 10.2 Å². The van der Waals surface area contributed by atoms with E-state index in [1.165, 1.54) is 12.8 Å². The van der Waals surface area contributed by atoms with E-state index in [-0.39, 0.29) is 12.1 Å². The number of carbonyl (C=O) groups excluding carboxylic acids is 1. The lowest BCUT2D eigenvalue weighted by Gasteiger charge is -2.24. The van der Waals surface area contributed by atoms with Crippen LogP contribution in [0.2, 0.25) is 0 Å². The van der Waals surface area contributed by atoms with Gasteiger partial charge in [-0.2, -0.15) is 0 Å². The summed E-state index contributed by atoms with van der Waals surface area (Å²) in [6, 6.07) is 0.220. The monoisotopic (exact) mass is 296 g/mol. The SMILES string of the molecule is CCCCC(COC)NC(=O)N1CC2C3CCC(O3)C2C1. The van der Waals surface area contributed by atoms with Gasteiger partial charge < -0.3 is 19.7 Å². The van der Waals surface area contributed by atoms with Gasteiger partial charge in [0.15, 0.2) is 0 Å². The summed E-state index contributed by atoms with van der Waals surface area (Å²) in [5, 5.41) is 3.16. The lowest BCUT2D eigenvalue weighted by atomic mass is 9.82. The Hall–Kier alpha value is -0.810. The van der Waals surface area contributed by atoms with E-state index in [0.29, 0.717) is 30.7 Å². The van der Waals surface area contributed by atoms with Crippen LogP contribution in [0.3, 0.4) is 0 Å². The highest BCUT2D eigenvalue weighted by Gasteiger charge is 2.53. The zero-order valence-electron chi connectivity index (χ0n) is 13.2. The number of amides is 2. The van der Waals surface area contributed by atoms with Gasteiger partial charge >= 0.3 is 6.03 Å². The molecule has 1 N–H and O–H groups in total. The molecule has 5 heteroatoms. The topological polar surface area (TPSA) is 50.8 Å². The molecule has 3 aliphatic heterocycles. The lowest BCUT2D eigenvalue weighted by Crippen LogP contribution is -2.46. The van der Waals surface area contributed by atoms with E-state index in [0.717, 1.165) is 32.4 Å². The Labute approximate surface area is 127 Å². The molecule has 120 valence electrons. The van der Waals surface area contributed by atoms with Gasteiger partial charge in [-0.15, -0.1) is 0 Å². The zero-order chi connectivity index (χ0) is 14.8. The summed E-state index contributed by atoms with van der Waals surface area (Å²) in [4.78, 5) is 14.5. The van der Waals surface area contributed by atoms with E-state index in [2.05, 4.69) is 12.2 Å². The Morgan fingerprint density at radius 1 is 1.33 bits per heavy atom. The Balaban J connectivity index is 1.51. The van der Waals surface area contributed by atoms with Crippen LogP contribution in [0, 0.1) is 11.8 Å². The Bertz CT molecular complexity index is 359. The van der Waals surface area contributed by atoms with Crippen LogP contribution in [0.25, 0.3) is 0 Å². The lowest BCUT2D eigenvalue weighted by molar-refractivity contribution is 0.0732. The second-order valence-corrected chi connectivity index (χ2v) is 6.77. The third-order valence-electron chi connectivity index (χ3n) is 5.34. The molecule has 0 aromatic rings. The Morgan fingerprint density at radius 2 is 2.00 bits per heavy atom. The van der Waals surface area contributed by atoms with Gasteiger partial charge in [0.2, 0.25) is 0 Å². The van der Waals surface area contributed by atoms with Crippen molar-refractivity contribution < 1.29 is 14.3 Å². The molecule has 5 unspecified atom stereocenters. The molecule has 0 radical (unpaired) electrons. The van der Waals surface area contributed by atoms with E-state index in [1.54, 1.807) is 7.11 Å². The normalized spacial score (nSPS) is 35.0. The van der Waals surface area contributed by atoms with E-state index < -0.39 is 0 Å². The molecule has 2 amide bonds. The van der Waals surface area contributed by atoms with Crippen molar-refractivity contribution in [3.8, 4) is 0 Å². The van der Waals surface area contributed by atoms with Crippen molar-refractivity contribution in [3.63, 3.8) is 0 Å². The van der Waals surface area contributed by atoms with Crippen LogP contribution in [0.1, 0.15) is 39.0 Å². The van der Waals surface area contributed by atoms with Crippen LogP contribution in [0.4, 0.5) is 4.79 Å². The molecule has 5 atom stereocenters. The first-order valence-corrected chi connectivity index (χ1v) is 8.42. The zero-order valence-corrected chi connectivity index (χ0v) is 13.2. The van der Waals surface area contributed by atoms with Gasteiger partial charge in [0.1, 0.15) is 0 Å². The van der Waals surface area contributed by atoms with E-state index in [4.69, 9.17) is 9.47 Å². The average Bonchev–Trinajstić information content (AvgIpc) is 3.16. The summed E-state index contributed by atoms with van der Waals surface area (Å²) in [5.41, 5.74) is 0. The molecule has 5 nitrogen and oxygen atoms in total. The number of unbranched alkanes of at least 4 members (excludes halogenated alkanes) is 1. The Kier molecular flexibility index (Phi) is 4.69. The summed E-state index contributed by atoms with van der Waals surface area (Å²) in [6.07, 6.45) is 6.45. The van der Waals surface area contributed by atoms with Crippen LogP contribution in [0.5, 0.6) is 0 Å². The van der Waals surface area contributed by atoms with Crippen LogP contribution in [-0.2, 0) is 9.47 Å². The fraction of sp³-hybridized carbons (Fsp3) is 0.938. The summed E-state index contributed by atoms with van der Waals surface area (Å²) in [5.74, 6) is 1.15. The minimum absolute atomic E-state index is 0.0851. The van der Waals surface area contributed by atoms with Crippen molar-refractivity contribution in [1.29, 1.82) is 0 Å². The number of ether oxygens (including phenoxy) is 2. The number of likely N-dealkylation sites (tertiary alicyclic amines) is 1. The first kappa shape index (κ1) is 15.1. The van der Waals surface area contributed by atoms with Gasteiger partial charge in [-0.25, -0.2) is 4.79 Å². The number of nitrogens with zero attached hydrogens (tertiary/aromatic N) is 1. The van der Waals surface area contributed by atoms with Crippen LogP contribution >= 0.6 is 0 Å². The first-order valence-electron chi connectivity index (χ1n) is 8.42. The smallest absolute Gasteiger partial charge is 0.317 e. The fourth-order valence-electron chi connectivity index (χ4n) is 4.24. The minimum Gasteiger partial charge on any atom is -0.383 e. The minimum atomic E-state index is 0.0851. The van der Waals surface area contributed by atoms with Gasteiger partial charge in [0, 0.05) is 32.0 Å². The maximum atomic E-state index is 12.5. The van der Waals surface area contributed by atoms with Crippen LogP contribution in [-0.4, -0.2) is 56.0 Å². The standard InChI is InChI=1S/C16H28N2O3/c1-3-4-5-11(10-20-2)17-16(19)18-8-12-13(9-18)15-7-6-14(12)21-15/h11-15H,3-10H2,1-2H3,(H,17,19). The molecule has 0 aliphatic carbocycles. The number of hydrogen-bond acceptors (Lipinski definition) is 3. The summed E-state index contributed by atoms with van der Waals surface area (Å²) in [7, 11) is 1.69. The fourth-order valence-corrected chi connectivity index (χ4v) is 4.24. The number of hydrogen-bond donors (Lipinski definition) is 1. The third kappa shape index (κ3) is 3.04. The second kappa shape index (κ2) is 6.53. The third-order valence-corrected chi connectivity index (χ3v) is 5.34. The highest BCUT2D eigenvalue weighted by atomic mass is 16.5. The van der Waals surface area contributed by atoms with E-state index in [1.807, 2.05) is 4.90 Å². The molecular formula is C16H28N2O3. The van der Waals surface area contributed by atoms with Crippen molar-refractivity contribution in [2.45, 2.75) is 57.3 Å². The van der Waals surface area contributed by atoms with Gasteiger partial charge in [0.25, 0.3) is 0 Å². The Morgan fingerprint density at radius 3 is 2.57 bits per heavy atom. The molecule has 3 saturated heterocycles. The summed E-state index contributed by atoms with van der Waals surface area (Å²) in [6.45, 7) is 4.50. The number of carbonyl (C=O) groups is 1. The highest BCUT2D eigenvalue weighted by Crippen LogP contribution is 2.47. The molecule has 3 heterocycles. The maximum absolute atomic E-state index is 12.5. The summed E-state index contributed by atoms with van der Waals surface area (Å²) >= 11 is 0. The predicted molar refractivity (Wildman–Crippen MR) is 80.2 cm³/mol. The van der Waals surface area contributed by atoms with Gasteiger partial charge in [-0.3, -0.25) is 0 Å². The molecule has 21 heavy (non-hydrogen) atoms. The number of urea groups is 1. The molecular weight excluding hydrogens is 268 g/mol. The van der Waals surface area contributed by atoms with Gasteiger partial charge in [-0.05, 0) is 19.3 Å². The highest BCUT2D eigenvalue weighted by molar-refractivity contribution is 5.75. The number of fused-ring (bicyclic) bond motifs is 5. The number of rotatable bonds is 6. The molecule has 3 rings (SSSR count). The van der Waals surface area contributed by atoms with Crippen molar-refractivity contribution >= 4 is 6.03 Å². The molecule has 2 bridgehead atoms. The molecule has 3 aliphatic rings. The van der Waals surface area contributed by atoms with E-state index >= 15 is 0 Å². The van der Waals surface area contributed by atoms with E-state index in [9.17, 15) is 4.79 Å². The maximum Gasteiger partial charge on any atom is 0.317 e. The van der Waals surface area contributed by atoms with Crippen molar-refractivity contribution in [2.75, 3.05) is 26.8 Å². The largest absolute Gasteiger partial charge is 0.383 e. The molecule has 0 spiro atoms. The van der Waals surface area contributed by atoms with Crippen LogP contribution < -0.4 is 5.32 Å².